The van der Waals surface area contributed by atoms with Crippen molar-refractivity contribution in [2.45, 2.75) is 26.7 Å². The Hall–Kier alpha value is -1.57. The van der Waals surface area contributed by atoms with Crippen LogP contribution >= 0.6 is 0 Å². The Morgan fingerprint density at radius 2 is 1.94 bits per heavy atom. The molecule has 0 fully saturated rings. The lowest BCUT2D eigenvalue weighted by molar-refractivity contribution is -0.659. The zero-order valence-electron chi connectivity index (χ0n) is 11.4. The van der Waals surface area contributed by atoms with Crippen LogP contribution in [0.15, 0.2) is 30.6 Å². The predicted molar refractivity (Wildman–Crippen MR) is 70.9 cm³/mol. The van der Waals surface area contributed by atoms with Gasteiger partial charge in [-0.15, -0.1) is 0 Å². The van der Waals surface area contributed by atoms with E-state index in [9.17, 15) is 0 Å². The highest BCUT2D eigenvalue weighted by Crippen LogP contribution is 2.27. The van der Waals surface area contributed by atoms with Gasteiger partial charge in [-0.2, -0.15) is 0 Å². The zero-order valence-corrected chi connectivity index (χ0v) is 11.4. The van der Waals surface area contributed by atoms with E-state index in [1.165, 1.54) is 22.5 Å². The van der Waals surface area contributed by atoms with Gasteiger partial charge in [0.05, 0.1) is 19.7 Å². The second-order valence-corrected chi connectivity index (χ2v) is 5.02. The van der Waals surface area contributed by atoms with Crippen molar-refractivity contribution in [3.8, 4) is 11.4 Å². The molecule has 0 aliphatic rings. The molecule has 2 rings (SSSR count). The van der Waals surface area contributed by atoms with Gasteiger partial charge in [-0.1, -0.05) is 26.0 Å². The van der Waals surface area contributed by atoms with Gasteiger partial charge >= 0.3 is 0 Å². The van der Waals surface area contributed by atoms with E-state index in [2.05, 4.69) is 74.6 Å². The Morgan fingerprint density at radius 1 is 1.24 bits per heavy atom. The van der Waals surface area contributed by atoms with E-state index in [1.54, 1.807) is 0 Å². The molecule has 0 unspecified atom stereocenters. The molecule has 0 saturated carbocycles. The van der Waals surface area contributed by atoms with Crippen LogP contribution in [0.2, 0.25) is 0 Å². The van der Waals surface area contributed by atoms with Crippen LogP contribution in [-0.4, -0.2) is 4.57 Å². The summed E-state index contributed by atoms with van der Waals surface area (Å²) < 4.78 is 4.35. The highest BCUT2D eigenvalue weighted by Gasteiger charge is 2.18. The molecule has 0 saturated heterocycles. The average molecular weight is 229 g/mol. The van der Waals surface area contributed by atoms with E-state index in [-0.39, 0.29) is 0 Å². The van der Waals surface area contributed by atoms with Crippen molar-refractivity contribution in [1.29, 1.82) is 0 Å². The fourth-order valence-electron chi connectivity index (χ4n) is 2.49. The quantitative estimate of drug-likeness (QED) is 0.700. The highest BCUT2D eigenvalue weighted by molar-refractivity contribution is 5.60. The third kappa shape index (κ3) is 1.99. The highest BCUT2D eigenvalue weighted by atomic mass is 15.1. The lowest BCUT2D eigenvalue weighted by Gasteiger charge is -2.12. The van der Waals surface area contributed by atoms with Crippen LogP contribution in [0.5, 0.6) is 0 Å². The molecule has 0 radical (unpaired) electrons. The predicted octanol–water partition coefficient (Wildman–Crippen LogP) is 2.95. The molecule has 0 aliphatic heterocycles. The number of rotatable bonds is 2. The van der Waals surface area contributed by atoms with Crippen LogP contribution in [-0.2, 0) is 14.1 Å². The van der Waals surface area contributed by atoms with Crippen molar-refractivity contribution >= 4 is 0 Å². The second kappa shape index (κ2) is 4.36. The van der Waals surface area contributed by atoms with Gasteiger partial charge in [-0.05, 0) is 30.0 Å². The molecule has 0 spiro atoms. The maximum absolute atomic E-state index is 2.25. The normalized spacial score (nSPS) is 11.2. The molecule has 2 aromatic rings. The maximum atomic E-state index is 2.25. The fourth-order valence-corrected chi connectivity index (χ4v) is 2.49. The first-order chi connectivity index (χ1) is 8.02. The molecule has 1 aromatic heterocycles. The number of benzene rings is 1. The molecule has 0 N–H and O–H groups in total. The Morgan fingerprint density at radius 3 is 2.47 bits per heavy atom. The molecule has 0 aliphatic carbocycles. The van der Waals surface area contributed by atoms with Crippen LogP contribution in [0, 0.1) is 6.92 Å². The topological polar surface area (TPSA) is 8.81 Å². The summed E-state index contributed by atoms with van der Waals surface area (Å²) in [5, 5.41) is 0. The molecule has 2 nitrogen and oxygen atoms in total. The summed E-state index contributed by atoms with van der Waals surface area (Å²) in [5.41, 5.74) is 4.15. The molecule has 0 amide bonds. The smallest absolute Gasteiger partial charge is 0.233 e. The summed E-state index contributed by atoms with van der Waals surface area (Å²) in [6, 6.07) is 6.59. The number of imidazole rings is 1. The van der Waals surface area contributed by atoms with Gasteiger partial charge in [0.2, 0.25) is 0 Å². The minimum absolute atomic E-state index is 0.570. The van der Waals surface area contributed by atoms with Gasteiger partial charge < -0.3 is 0 Å². The summed E-state index contributed by atoms with van der Waals surface area (Å²) in [6.45, 7) is 6.71. The summed E-state index contributed by atoms with van der Waals surface area (Å²) in [6.07, 6.45) is 4.19. The monoisotopic (exact) mass is 229 g/mol. The minimum Gasteiger partial charge on any atom is -0.233 e. The van der Waals surface area contributed by atoms with Crippen LogP contribution in [0.25, 0.3) is 11.4 Å². The van der Waals surface area contributed by atoms with E-state index in [1.807, 2.05) is 0 Å². The van der Waals surface area contributed by atoms with Gasteiger partial charge in [0.15, 0.2) is 0 Å². The van der Waals surface area contributed by atoms with Gasteiger partial charge in [-0.25, -0.2) is 9.13 Å². The van der Waals surface area contributed by atoms with Crippen molar-refractivity contribution in [1.82, 2.24) is 4.57 Å². The number of hydrogen-bond donors (Lipinski definition) is 0. The average Bonchev–Trinajstić information content (AvgIpc) is 2.59. The van der Waals surface area contributed by atoms with Crippen LogP contribution < -0.4 is 4.57 Å². The van der Waals surface area contributed by atoms with Gasteiger partial charge in [-0.3, -0.25) is 0 Å². The first-order valence-corrected chi connectivity index (χ1v) is 6.13. The number of aryl methyl sites for hydroxylation is 2. The molecule has 1 heterocycles. The molecular weight excluding hydrogens is 208 g/mol. The third-order valence-electron chi connectivity index (χ3n) is 3.42. The molecule has 90 valence electrons. The molecular formula is C15H21N2+. The van der Waals surface area contributed by atoms with Gasteiger partial charge in [0.1, 0.15) is 12.4 Å². The molecule has 17 heavy (non-hydrogen) atoms. The lowest BCUT2D eigenvalue weighted by atomic mass is 9.94. The first-order valence-electron chi connectivity index (χ1n) is 6.13. The Labute approximate surface area is 104 Å². The van der Waals surface area contributed by atoms with Crippen molar-refractivity contribution in [2.75, 3.05) is 0 Å². The SMILES string of the molecule is Cc1c(-c2n(C)cc[n+]2C)cccc1C(C)C. The Kier molecular flexibility index (Phi) is 3.05. The largest absolute Gasteiger partial charge is 0.288 e. The maximum Gasteiger partial charge on any atom is 0.288 e. The molecule has 1 aromatic carbocycles. The number of aromatic nitrogens is 2. The van der Waals surface area contributed by atoms with E-state index in [4.69, 9.17) is 0 Å². The summed E-state index contributed by atoms with van der Waals surface area (Å²) in [7, 11) is 4.19. The lowest BCUT2D eigenvalue weighted by Crippen LogP contribution is -2.29. The first kappa shape index (κ1) is 11.9. The summed E-state index contributed by atoms with van der Waals surface area (Å²) >= 11 is 0. The standard InChI is InChI=1S/C15H21N2/c1-11(2)13-7-6-8-14(12(13)3)15-16(4)9-10-17(15)5/h6-11H,1-5H3/q+1. The summed E-state index contributed by atoms with van der Waals surface area (Å²) in [5.74, 6) is 1.82. The van der Waals surface area contributed by atoms with Crippen molar-refractivity contribution in [3.63, 3.8) is 0 Å². The number of hydrogen-bond acceptors (Lipinski definition) is 0. The van der Waals surface area contributed by atoms with Gasteiger partial charge in [0.25, 0.3) is 5.82 Å². The number of nitrogens with zero attached hydrogens (tertiary/aromatic N) is 2. The van der Waals surface area contributed by atoms with E-state index in [0.717, 1.165) is 0 Å². The van der Waals surface area contributed by atoms with Crippen molar-refractivity contribution in [3.05, 3.63) is 41.7 Å². The van der Waals surface area contributed by atoms with Crippen molar-refractivity contribution in [2.24, 2.45) is 14.1 Å². The van der Waals surface area contributed by atoms with E-state index >= 15 is 0 Å². The zero-order chi connectivity index (χ0) is 12.6. The Bertz CT molecular complexity index is 516. The Balaban J connectivity index is 2.65. The van der Waals surface area contributed by atoms with Crippen LogP contribution in [0.1, 0.15) is 30.9 Å². The minimum atomic E-state index is 0.570. The van der Waals surface area contributed by atoms with E-state index in [0.29, 0.717) is 5.92 Å². The fraction of sp³-hybridized carbons (Fsp3) is 0.400. The summed E-state index contributed by atoms with van der Waals surface area (Å²) in [4.78, 5) is 0. The third-order valence-corrected chi connectivity index (χ3v) is 3.42. The van der Waals surface area contributed by atoms with Crippen molar-refractivity contribution < 1.29 is 4.57 Å². The second-order valence-electron chi connectivity index (χ2n) is 5.02. The molecule has 2 heteroatoms. The molecule has 0 bridgehead atoms. The van der Waals surface area contributed by atoms with Gasteiger partial charge in [0, 0.05) is 0 Å². The van der Waals surface area contributed by atoms with E-state index < -0.39 is 0 Å². The molecule has 0 atom stereocenters. The van der Waals surface area contributed by atoms with Crippen LogP contribution in [0.3, 0.4) is 0 Å². The van der Waals surface area contributed by atoms with Crippen LogP contribution in [0.4, 0.5) is 0 Å².